The lowest BCUT2D eigenvalue weighted by Crippen LogP contribution is -2.34. The Labute approximate surface area is 125 Å². The Bertz CT molecular complexity index is 508. The van der Waals surface area contributed by atoms with Crippen molar-refractivity contribution in [1.29, 1.82) is 0 Å². The van der Waals surface area contributed by atoms with E-state index in [4.69, 9.17) is 5.73 Å². The molecule has 5 nitrogen and oxygen atoms in total. The van der Waals surface area contributed by atoms with Crippen molar-refractivity contribution < 1.29 is 14.7 Å². The molecule has 1 amide bonds. The highest BCUT2D eigenvalue weighted by molar-refractivity contribution is 6.03. The Morgan fingerprint density at radius 2 is 1.81 bits per heavy atom. The Morgan fingerprint density at radius 3 is 2.29 bits per heavy atom. The van der Waals surface area contributed by atoms with Gasteiger partial charge in [-0.2, -0.15) is 0 Å². The quantitative estimate of drug-likeness (QED) is 0.756. The van der Waals surface area contributed by atoms with E-state index in [2.05, 4.69) is 0 Å². The van der Waals surface area contributed by atoms with Gasteiger partial charge in [0.05, 0.1) is 11.3 Å². The summed E-state index contributed by atoms with van der Waals surface area (Å²) in [5.74, 6) is -1.19. The minimum Gasteiger partial charge on any atom is -0.478 e. The topological polar surface area (TPSA) is 83.6 Å². The van der Waals surface area contributed by atoms with Gasteiger partial charge in [-0.1, -0.05) is 26.7 Å². The third-order valence-electron chi connectivity index (χ3n) is 3.57. The van der Waals surface area contributed by atoms with Gasteiger partial charge in [-0.3, -0.25) is 4.79 Å². The van der Waals surface area contributed by atoms with Crippen LogP contribution in [0.15, 0.2) is 18.2 Å². The minimum absolute atomic E-state index is 0.0361. The first-order valence-electron chi connectivity index (χ1n) is 7.32. The molecule has 116 valence electrons. The van der Waals surface area contributed by atoms with Crippen molar-refractivity contribution in [3.05, 3.63) is 23.8 Å². The maximum absolute atomic E-state index is 12.6. The smallest absolute Gasteiger partial charge is 0.337 e. The number of amides is 1. The third kappa shape index (κ3) is 4.21. The number of anilines is 2. The molecule has 0 aliphatic heterocycles. The molecule has 1 aromatic rings. The predicted octanol–water partition coefficient (Wildman–Crippen LogP) is 3.15. The summed E-state index contributed by atoms with van der Waals surface area (Å²) < 4.78 is 0. The van der Waals surface area contributed by atoms with E-state index < -0.39 is 5.97 Å². The summed E-state index contributed by atoms with van der Waals surface area (Å²) in [5, 5.41) is 9.27. The number of benzene rings is 1. The van der Waals surface area contributed by atoms with Crippen molar-refractivity contribution in [3.8, 4) is 0 Å². The van der Waals surface area contributed by atoms with Gasteiger partial charge < -0.3 is 15.7 Å². The Balaban J connectivity index is 3.09. The van der Waals surface area contributed by atoms with Crippen LogP contribution in [0, 0.1) is 5.92 Å². The Hall–Kier alpha value is -2.04. The number of nitrogens with two attached hydrogens (primary N) is 1. The molecule has 0 atom stereocenters. The van der Waals surface area contributed by atoms with Crippen LogP contribution >= 0.6 is 0 Å². The lowest BCUT2D eigenvalue weighted by atomic mass is 9.96. The van der Waals surface area contributed by atoms with E-state index in [0.717, 1.165) is 25.7 Å². The van der Waals surface area contributed by atoms with Crippen LogP contribution in [0.3, 0.4) is 0 Å². The molecule has 0 fully saturated rings. The maximum atomic E-state index is 12.6. The number of aromatic carboxylic acids is 1. The molecule has 3 N–H and O–H groups in total. The number of nitrogen functional groups attached to an aromatic ring is 1. The van der Waals surface area contributed by atoms with Crippen molar-refractivity contribution in [1.82, 2.24) is 0 Å². The van der Waals surface area contributed by atoms with Crippen LogP contribution in [0.5, 0.6) is 0 Å². The van der Waals surface area contributed by atoms with Crippen LogP contribution in [0.2, 0.25) is 0 Å². The van der Waals surface area contributed by atoms with E-state index in [1.807, 2.05) is 13.8 Å². The molecule has 21 heavy (non-hydrogen) atoms. The summed E-state index contributed by atoms with van der Waals surface area (Å²) in [6.07, 6.45) is 3.48. The van der Waals surface area contributed by atoms with Crippen LogP contribution in [0.4, 0.5) is 11.4 Å². The highest BCUT2D eigenvalue weighted by atomic mass is 16.4. The summed E-state index contributed by atoms with van der Waals surface area (Å²) in [4.78, 5) is 25.4. The number of hydrogen-bond donors (Lipinski definition) is 2. The first kappa shape index (κ1) is 17.0. The van der Waals surface area contributed by atoms with Crippen LogP contribution in [-0.2, 0) is 4.79 Å². The fraction of sp³-hybridized carbons (Fsp3) is 0.500. The molecule has 1 aromatic carbocycles. The van der Waals surface area contributed by atoms with Gasteiger partial charge >= 0.3 is 5.97 Å². The van der Waals surface area contributed by atoms with Gasteiger partial charge in [-0.05, 0) is 31.0 Å². The number of hydrogen-bond acceptors (Lipinski definition) is 3. The molecule has 0 aromatic heterocycles. The average molecular weight is 292 g/mol. The largest absolute Gasteiger partial charge is 0.478 e. The molecule has 1 rings (SSSR count). The number of nitrogens with zero attached hydrogens (tertiary/aromatic N) is 1. The van der Waals surface area contributed by atoms with Crippen molar-refractivity contribution >= 4 is 23.3 Å². The molecule has 0 aliphatic carbocycles. The van der Waals surface area contributed by atoms with E-state index in [-0.39, 0.29) is 17.4 Å². The first-order chi connectivity index (χ1) is 9.92. The van der Waals surface area contributed by atoms with Crippen molar-refractivity contribution in [2.24, 2.45) is 5.92 Å². The molecule has 0 heterocycles. The average Bonchev–Trinajstić information content (AvgIpc) is 2.45. The fourth-order valence-corrected chi connectivity index (χ4v) is 2.50. The van der Waals surface area contributed by atoms with Gasteiger partial charge in [0, 0.05) is 18.7 Å². The standard InChI is InChI=1S/C16H24N2O3/c1-4-6-11(7-5-2)15(19)18(3)14-9-8-12(17)10-13(14)16(20)21/h8-11H,4-7,17H2,1-3H3,(H,20,21). The molecule has 0 saturated heterocycles. The van der Waals surface area contributed by atoms with Crippen molar-refractivity contribution in [2.45, 2.75) is 39.5 Å². The predicted molar refractivity (Wildman–Crippen MR) is 84.5 cm³/mol. The number of rotatable bonds is 7. The first-order valence-corrected chi connectivity index (χ1v) is 7.32. The normalized spacial score (nSPS) is 10.7. The van der Waals surface area contributed by atoms with Gasteiger partial charge in [-0.15, -0.1) is 0 Å². The molecular formula is C16H24N2O3. The Morgan fingerprint density at radius 1 is 1.24 bits per heavy atom. The molecule has 0 radical (unpaired) electrons. The van der Waals surface area contributed by atoms with E-state index in [0.29, 0.717) is 11.4 Å². The van der Waals surface area contributed by atoms with Gasteiger partial charge in [0.1, 0.15) is 0 Å². The molecule has 0 saturated carbocycles. The second-order valence-corrected chi connectivity index (χ2v) is 5.25. The van der Waals surface area contributed by atoms with Crippen LogP contribution in [0.25, 0.3) is 0 Å². The summed E-state index contributed by atoms with van der Waals surface area (Å²) in [6, 6.07) is 4.59. The van der Waals surface area contributed by atoms with E-state index in [9.17, 15) is 14.7 Å². The molecule has 0 aliphatic rings. The second-order valence-electron chi connectivity index (χ2n) is 5.25. The number of carboxylic acids is 1. The van der Waals surface area contributed by atoms with Crippen LogP contribution < -0.4 is 10.6 Å². The monoisotopic (exact) mass is 292 g/mol. The molecule has 0 bridgehead atoms. The summed E-state index contributed by atoms with van der Waals surface area (Å²) >= 11 is 0. The van der Waals surface area contributed by atoms with Gasteiger partial charge in [0.15, 0.2) is 0 Å². The van der Waals surface area contributed by atoms with Gasteiger partial charge in [-0.25, -0.2) is 4.79 Å². The van der Waals surface area contributed by atoms with Crippen molar-refractivity contribution in [3.63, 3.8) is 0 Å². The van der Waals surface area contributed by atoms with Gasteiger partial charge in [0.25, 0.3) is 0 Å². The van der Waals surface area contributed by atoms with E-state index >= 15 is 0 Å². The number of carbonyl (C=O) groups excluding carboxylic acids is 1. The minimum atomic E-state index is -1.08. The fourth-order valence-electron chi connectivity index (χ4n) is 2.50. The van der Waals surface area contributed by atoms with Crippen LogP contribution in [-0.4, -0.2) is 24.0 Å². The molecular weight excluding hydrogens is 268 g/mol. The summed E-state index contributed by atoms with van der Waals surface area (Å²) in [7, 11) is 1.62. The zero-order chi connectivity index (χ0) is 16.0. The third-order valence-corrected chi connectivity index (χ3v) is 3.57. The summed E-state index contributed by atoms with van der Waals surface area (Å²) in [5.41, 5.74) is 6.44. The highest BCUT2D eigenvalue weighted by Gasteiger charge is 2.24. The number of carboxylic acid groups (broad SMARTS) is 1. The second kappa shape index (κ2) is 7.67. The molecule has 5 heteroatoms. The molecule has 0 spiro atoms. The summed E-state index contributed by atoms with van der Waals surface area (Å²) in [6.45, 7) is 4.09. The Kier molecular flexibility index (Phi) is 6.21. The van der Waals surface area contributed by atoms with Crippen molar-refractivity contribution in [2.75, 3.05) is 17.7 Å². The lowest BCUT2D eigenvalue weighted by Gasteiger charge is -2.25. The van der Waals surface area contributed by atoms with E-state index in [1.165, 1.54) is 11.0 Å². The van der Waals surface area contributed by atoms with Gasteiger partial charge in [0.2, 0.25) is 5.91 Å². The SMILES string of the molecule is CCCC(CCC)C(=O)N(C)c1ccc(N)cc1C(=O)O. The number of carbonyl (C=O) groups is 2. The maximum Gasteiger partial charge on any atom is 0.337 e. The zero-order valence-corrected chi connectivity index (χ0v) is 12.9. The van der Waals surface area contributed by atoms with Crippen LogP contribution in [0.1, 0.15) is 49.9 Å². The zero-order valence-electron chi connectivity index (χ0n) is 12.9. The lowest BCUT2D eigenvalue weighted by molar-refractivity contribution is -0.122. The van der Waals surface area contributed by atoms with E-state index in [1.54, 1.807) is 19.2 Å². The molecule has 0 unspecified atom stereocenters. The highest BCUT2D eigenvalue weighted by Crippen LogP contribution is 2.26.